The van der Waals surface area contributed by atoms with E-state index in [9.17, 15) is 19.2 Å². The first kappa shape index (κ1) is 25.4. The van der Waals surface area contributed by atoms with Crippen LogP contribution in [-0.2, 0) is 24.3 Å². The third-order valence-corrected chi connectivity index (χ3v) is 7.09. The van der Waals surface area contributed by atoms with Crippen molar-refractivity contribution in [3.8, 4) is 0 Å². The molecule has 1 saturated carbocycles. The Hall–Kier alpha value is -4.21. The number of aromatic nitrogens is 4. The van der Waals surface area contributed by atoms with Gasteiger partial charge >= 0.3 is 5.69 Å². The molecule has 2 aromatic heterocycles. The Kier molecular flexibility index (Phi) is 7.13. The molecule has 0 bridgehead atoms. The standard InChI is InChI=1S/C28H32N6O4/c1-3-14-32-26(37)22-13-12-19(25(36)30-20-9-5-6-10-20)16-23(22)34-27(32)31-33(28(34)38)17-24(35)29-21-11-7-8-18(4-2)15-21/h7-8,11-13,15-16,20H,3-6,9-10,14,17H2,1-2H3,(H,29,35)(H,30,36). The van der Waals surface area contributed by atoms with Gasteiger partial charge in [0.2, 0.25) is 11.7 Å². The molecule has 38 heavy (non-hydrogen) atoms. The highest BCUT2D eigenvalue weighted by molar-refractivity contribution is 5.98. The summed E-state index contributed by atoms with van der Waals surface area (Å²) in [4.78, 5) is 52.6. The predicted molar refractivity (Wildman–Crippen MR) is 146 cm³/mol. The van der Waals surface area contributed by atoms with Crippen LogP contribution >= 0.6 is 0 Å². The Morgan fingerprint density at radius 2 is 1.84 bits per heavy atom. The van der Waals surface area contributed by atoms with Gasteiger partial charge in [-0.1, -0.05) is 38.8 Å². The molecule has 2 aromatic carbocycles. The Morgan fingerprint density at radius 3 is 2.58 bits per heavy atom. The molecule has 1 fully saturated rings. The number of carbonyl (C=O) groups is 2. The van der Waals surface area contributed by atoms with Gasteiger partial charge in [0, 0.05) is 23.8 Å². The third kappa shape index (κ3) is 4.85. The van der Waals surface area contributed by atoms with Gasteiger partial charge in [0.05, 0.1) is 10.9 Å². The van der Waals surface area contributed by atoms with Crippen LogP contribution in [0.4, 0.5) is 5.69 Å². The van der Waals surface area contributed by atoms with Crippen molar-refractivity contribution in [2.75, 3.05) is 5.32 Å². The summed E-state index contributed by atoms with van der Waals surface area (Å²) in [5.74, 6) is -0.503. The average Bonchev–Trinajstić information content (AvgIpc) is 3.54. The number of carbonyl (C=O) groups excluding carboxylic acids is 2. The van der Waals surface area contributed by atoms with Crippen molar-refractivity contribution >= 4 is 34.2 Å². The molecular formula is C28H32N6O4. The van der Waals surface area contributed by atoms with E-state index in [0.717, 1.165) is 42.3 Å². The Bertz CT molecular complexity index is 1640. The first-order valence-corrected chi connectivity index (χ1v) is 13.3. The molecule has 4 aromatic rings. The minimum Gasteiger partial charge on any atom is -0.349 e. The third-order valence-electron chi connectivity index (χ3n) is 7.09. The van der Waals surface area contributed by atoms with Crippen LogP contribution in [0.3, 0.4) is 0 Å². The minimum absolute atomic E-state index is 0.137. The summed E-state index contributed by atoms with van der Waals surface area (Å²) in [6, 6.07) is 12.4. The molecule has 2 amide bonds. The Morgan fingerprint density at radius 1 is 1.05 bits per heavy atom. The van der Waals surface area contributed by atoms with E-state index in [1.165, 1.54) is 8.97 Å². The number of hydrogen-bond acceptors (Lipinski definition) is 5. The van der Waals surface area contributed by atoms with Crippen LogP contribution in [0.25, 0.3) is 16.7 Å². The molecule has 1 aliphatic carbocycles. The molecule has 0 atom stereocenters. The average molecular weight is 517 g/mol. The zero-order chi connectivity index (χ0) is 26.8. The zero-order valence-electron chi connectivity index (χ0n) is 21.7. The van der Waals surface area contributed by atoms with Gasteiger partial charge in [-0.15, -0.1) is 5.10 Å². The van der Waals surface area contributed by atoms with Gasteiger partial charge in [-0.05, 0) is 61.6 Å². The van der Waals surface area contributed by atoms with Crippen molar-refractivity contribution in [3.63, 3.8) is 0 Å². The lowest BCUT2D eigenvalue weighted by Crippen LogP contribution is -2.33. The van der Waals surface area contributed by atoms with Crippen LogP contribution in [0.15, 0.2) is 52.1 Å². The molecule has 0 saturated heterocycles. The summed E-state index contributed by atoms with van der Waals surface area (Å²) >= 11 is 0. The number of aryl methyl sites for hydroxylation is 2. The van der Waals surface area contributed by atoms with Gasteiger partial charge in [-0.3, -0.25) is 19.0 Å². The second-order valence-electron chi connectivity index (χ2n) is 9.82. The molecule has 1 aliphatic rings. The summed E-state index contributed by atoms with van der Waals surface area (Å²) < 4.78 is 3.83. The number of amides is 2. The lowest BCUT2D eigenvalue weighted by atomic mass is 10.1. The van der Waals surface area contributed by atoms with Gasteiger partial charge in [0.1, 0.15) is 6.54 Å². The molecule has 0 aliphatic heterocycles. The second kappa shape index (κ2) is 10.6. The van der Waals surface area contributed by atoms with Crippen molar-refractivity contribution in [1.82, 2.24) is 24.1 Å². The van der Waals surface area contributed by atoms with E-state index in [4.69, 9.17) is 0 Å². The fourth-order valence-electron chi connectivity index (χ4n) is 5.13. The molecule has 2 heterocycles. The lowest BCUT2D eigenvalue weighted by Gasteiger charge is -2.13. The smallest absolute Gasteiger partial charge is 0.349 e. The monoisotopic (exact) mass is 516 g/mol. The molecule has 198 valence electrons. The van der Waals surface area contributed by atoms with E-state index in [1.807, 2.05) is 32.0 Å². The summed E-state index contributed by atoms with van der Waals surface area (Å²) in [6.45, 7) is 3.99. The van der Waals surface area contributed by atoms with Crippen LogP contribution in [0.2, 0.25) is 0 Å². The minimum atomic E-state index is -0.555. The molecule has 5 rings (SSSR count). The maximum atomic E-state index is 13.5. The number of anilines is 1. The number of hydrogen-bond donors (Lipinski definition) is 2. The zero-order valence-corrected chi connectivity index (χ0v) is 21.7. The largest absolute Gasteiger partial charge is 0.352 e. The highest BCUT2D eigenvalue weighted by Gasteiger charge is 2.22. The number of nitrogens with zero attached hydrogens (tertiary/aromatic N) is 4. The summed E-state index contributed by atoms with van der Waals surface area (Å²) in [5, 5.41) is 10.6. The van der Waals surface area contributed by atoms with Crippen LogP contribution in [0.5, 0.6) is 0 Å². The maximum Gasteiger partial charge on any atom is 0.352 e. The first-order valence-electron chi connectivity index (χ1n) is 13.3. The van der Waals surface area contributed by atoms with Crippen LogP contribution < -0.4 is 21.9 Å². The van der Waals surface area contributed by atoms with Crippen LogP contribution in [-0.4, -0.2) is 36.6 Å². The molecule has 0 unspecified atom stereocenters. The number of nitrogens with one attached hydrogen (secondary N) is 2. The molecule has 2 N–H and O–H groups in total. The van der Waals surface area contributed by atoms with Crippen molar-refractivity contribution < 1.29 is 9.59 Å². The highest BCUT2D eigenvalue weighted by Crippen LogP contribution is 2.19. The molecular weight excluding hydrogens is 484 g/mol. The Balaban J connectivity index is 1.55. The van der Waals surface area contributed by atoms with Crippen molar-refractivity contribution in [2.45, 2.75) is 71.5 Å². The number of rotatable bonds is 8. The molecule has 0 spiro atoms. The van der Waals surface area contributed by atoms with E-state index in [-0.39, 0.29) is 29.8 Å². The summed E-state index contributed by atoms with van der Waals surface area (Å²) in [6.07, 6.45) is 5.56. The number of fused-ring (bicyclic) bond motifs is 3. The van der Waals surface area contributed by atoms with E-state index >= 15 is 0 Å². The van der Waals surface area contributed by atoms with Gasteiger partial charge in [-0.2, -0.15) is 0 Å². The van der Waals surface area contributed by atoms with Crippen molar-refractivity contribution in [3.05, 3.63) is 74.4 Å². The first-order chi connectivity index (χ1) is 18.4. The summed E-state index contributed by atoms with van der Waals surface area (Å²) in [5.41, 5.74) is 1.53. The Labute approximate surface area is 219 Å². The van der Waals surface area contributed by atoms with Crippen molar-refractivity contribution in [2.24, 2.45) is 0 Å². The van der Waals surface area contributed by atoms with Crippen molar-refractivity contribution in [1.29, 1.82) is 0 Å². The second-order valence-corrected chi connectivity index (χ2v) is 9.82. The highest BCUT2D eigenvalue weighted by atomic mass is 16.2. The van der Waals surface area contributed by atoms with Crippen LogP contribution in [0, 0.1) is 0 Å². The van der Waals surface area contributed by atoms with Crippen LogP contribution in [0.1, 0.15) is 61.9 Å². The van der Waals surface area contributed by atoms with E-state index in [1.54, 1.807) is 24.3 Å². The predicted octanol–water partition coefficient (Wildman–Crippen LogP) is 3.09. The van der Waals surface area contributed by atoms with Gasteiger partial charge < -0.3 is 10.6 Å². The van der Waals surface area contributed by atoms with Gasteiger partial charge in [-0.25, -0.2) is 13.9 Å². The van der Waals surface area contributed by atoms with Gasteiger partial charge in [0.15, 0.2) is 0 Å². The van der Waals surface area contributed by atoms with E-state index in [0.29, 0.717) is 35.1 Å². The topological polar surface area (TPSA) is 120 Å². The number of benzene rings is 2. The normalized spacial score (nSPS) is 13.8. The van der Waals surface area contributed by atoms with E-state index < -0.39 is 11.6 Å². The summed E-state index contributed by atoms with van der Waals surface area (Å²) in [7, 11) is 0. The molecule has 0 radical (unpaired) electrons. The quantitative estimate of drug-likeness (QED) is 0.373. The fourth-order valence-corrected chi connectivity index (χ4v) is 5.13. The SMILES string of the molecule is CCCn1c(=O)c2ccc(C(=O)NC3CCCC3)cc2n2c(=O)n(CC(=O)Nc3cccc(CC)c3)nc12. The maximum absolute atomic E-state index is 13.5. The molecule has 10 nitrogen and oxygen atoms in total. The lowest BCUT2D eigenvalue weighted by molar-refractivity contribution is -0.117. The van der Waals surface area contributed by atoms with Gasteiger partial charge in [0.25, 0.3) is 11.5 Å². The molecule has 10 heteroatoms. The fraction of sp³-hybridized carbons (Fsp3) is 0.393. The van der Waals surface area contributed by atoms with E-state index in [2.05, 4.69) is 15.7 Å².